The van der Waals surface area contributed by atoms with E-state index in [0.717, 1.165) is 6.54 Å². The van der Waals surface area contributed by atoms with E-state index in [2.05, 4.69) is 23.7 Å². The molecule has 1 unspecified atom stereocenters. The van der Waals surface area contributed by atoms with Crippen molar-refractivity contribution in [3.05, 3.63) is 0 Å². The van der Waals surface area contributed by atoms with E-state index >= 15 is 0 Å². The molecule has 0 aliphatic carbocycles. The lowest BCUT2D eigenvalue weighted by molar-refractivity contribution is -0.246. The van der Waals surface area contributed by atoms with Crippen molar-refractivity contribution in [3.63, 3.8) is 0 Å². The lowest BCUT2D eigenvalue weighted by Crippen LogP contribution is -2.22. The molecule has 0 aromatic carbocycles. The topological polar surface area (TPSA) is 30.5 Å². The summed E-state index contributed by atoms with van der Waals surface area (Å²) in [6.45, 7) is 5.29. The predicted octanol–water partition coefficient (Wildman–Crippen LogP) is 2.93. The van der Waals surface area contributed by atoms with Crippen molar-refractivity contribution in [1.29, 1.82) is 0 Å². The molecule has 0 aliphatic heterocycles. The zero-order chi connectivity index (χ0) is 9.94. The molecule has 80 valence electrons. The predicted molar refractivity (Wildman–Crippen MR) is 57.0 cm³/mol. The van der Waals surface area contributed by atoms with Crippen LogP contribution in [0.25, 0.3) is 0 Å². The van der Waals surface area contributed by atoms with E-state index in [4.69, 9.17) is 4.99 Å². The normalized spacial score (nSPS) is 13.2. The van der Waals surface area contributed by atoms with Gasteiger partial charge in [-0.25, -0.2) is 0 Å². The summed E-state index contributed by atoms with van der Waals surface area (Å²) in [7, 11) is 0. The molecule has 0 aromatic heterocycles. The third kappa shape index (κ3) is 8.56. The molecule has 0 saturated heterocycles. The van der Waals surface area contributed by atoms with Crippen LogP contribution in [0.4, 0.5) is 0 Å². The van der Waals surface area contributed by atoms with E-state index in [9.17, 15) is 0 Å². The van der Waals surface area contributed by atoms with Gasteiger partial charge in [-0.2, -0.15) is 5.48 Å². The summed E-state index contributed by atoms with van der Waals surface area (Å²) in [6.07, 6.45) is 6.83. The first-order chi connectivity index (χ1) is 6.35. The highest BCUT2D eigenvalue weighted by Crippen LogP contribution is 2.11. The third-order valence-corrected chi connectivity index (χ3v) is 2.28. The molecule has 0 amide bonds. The van der Waals surface area contributed by atoms with E-state index in [0.29, 0.717) is 5.92 Å². The molecule has 0 rings (SSSR count). The highest BCUT2D eigenvalue weighted by Gasteiger charge is 2.04. The van der Waals surface area contributed by atoms with Gasteiger partial charge in [0.25, 0.3) is 0 Å². The molecule has 13 heavy (non-hydrogen) atoms. The summed E-state index contributed by atoms with van der Waals surface area (Å²) in [5.41, 5.74) is 2.80. The van der Waals surface area contributed by atoms with Gasteiger partial charge in [-0.15, -0.1) is 9.32 Å². The number of rotatable bonds is 9. The molecule has 0 bridgehead atoms. The molecule has 1 atom stereocenters. The molecular formula is C9H21NO2S. The Morgan fingerprint density at radius 3 is 2.69 bits per heavy atom. The minimum Gasteiger partial charge on any atom is -0.168 e. The summed E-state index contributed by atoms with van der Waals surface area (Å²) in [5.74, 6) is 0.699. The second-order valence-electron chi connectivity index (χ2n) is 3.08. The van der Waals surface area contributed by atoms with E-state index in [1.54, 1.807) is 0 Å². The van der Waals surface area contributed by atoms with Gasteiger partial charge in [-0.3, -0.25) is 0 Å². The lowest BCUT2D eigenvalue weighted by atomic mass is 10.00. The van der Waals surface area contributed by atoms with Crippen LogP contribution in [-0.2, 0) is 9.32 Å². The van der Waals surface area contributed by atoms with Crippen molar-refractivity contribution in [1.82, 2.24) is 5.48 Å². The SMILES string of the molecule is CCCCC(CC)CNOOSC. The molecule has 0 heterocycles. The molecule has 0 radical (unpaired) electrons. The Balaban J connectivity index is 3.25. The summed E-state index contributed by atoms with van der Waals surface area (Å²) in [4.78, 5) is 4.71. The largest absolute Gasteiger partial charge is 0.168 e. The van der Waals surface area contributed by atoms with Crippen molar-refractivity contribution in [3.8, 4) is 0 Å². The lowest BCUT2D eigenvalue weighted by Gasteiger charge is -2.13. The Morgan fingerprint density at radius 2 is 2.15 bits per heavy atom. The first-order valence-electron chi connectivity index (χ1n) is 4.94. The summed E-state index contributed by atoms with van der Waals surface area (Å²) in [5, 5.41) is 0. The Hall–Kier alpha value is 0.230. The van der Waals surface area contributed by atoms with Gasteiger partial charge in [0.1, 0.15) is 0 Å². The molecular weight excluding hydrogens is 186 g/mol. The maximum Gasteiger partial charge on any atom is 0.0300 e. The van der Waals surface area contributed by atoms with Gasteiger partial charge in [0.05, 0.1) is 0 Å². The van der Waals surface area contributed by atoms with Crippen molar-refractivity contribution in [2.24, 2.45) is 5.92 Å². The zero-order valence-corrected chi connectivity index (χ0v) is 9.65. The summed E-state index contributed by atoms with van der Waals surface area (Å²) < 4.78 is 4.64. The summed E-state index contributed by atoms with van der Waals surface area (Å²) >= 11 is 1.19. The standard InChI is InChI=1S/C9H21NO2S/c1-4-6-7-9(5-2)8-10-11-12-13-3/h9-10H,4-8H2,1-3H3. The van der Waals surface area contributed by atoms with Crippen LogP contribution in [0.2, 0.25) is 0 Å². The van der Waals surface area contributed by atoms with Crippen LogP contribution < -0.4 is 5.48 Å². The fourth-order valence-corrected chi connectivity index (χ4v) is 1.27. The summed E-state index contributed by atoms with van der Waals surface area (Å²) in [6, 6.07) is 0. The minimum atomic E-state index is 0.699. The molecule has 0 spiro atoms. The van der Waals surface area contributed by atoms with Crippen LogP contribution in [0.1, 0.15) is 39.5 Å². The molecule has 0 aromatic rings. The maximum atomic E-state index is 4.71. The van der Waals surface area contributed by atoms with Crippen LogP contribution in [0.3, 0.4) is 0 Å². The second kappa shape index (κ2) is 10.3. The fourth-order valence-electron chi connectivity index (χ4n) is 1.15. The zero-order valence-electron chi connectivity index (χ0n) is 8.84. The van der Waals surface area contributed by atoms with Crippen LogP contribution in [-0.4, -0.2) is 12.8 Å². The van der Waals surface area contributed by atoms with Gasteiger partial charge in [-0.05, 0) is 12.3 Å². The minimum absolute atomic E-state index is 0.699. The van der Waals surface area contributed by atoms with Crippen molar-refractivity contribution < 1.29 is 9.32 Å². The van der Waals surface area contributed by atoms with Crippen LogP contribution in [0.15, 0.2) is 0 Å². The van der Waals surface area contributed by atoms with E-state index in [1.165, 1.54) is 37.7 Å². The Kier molecular flexibility index (Phi) is 10.5. The van der Waals surface area contributed by atoms with Crippen molar-refractivity contribution in [2.45, 2.75) is 39.5 Å². The molecule has 0 aliphatic rings. The van der Waals surface area contributed by atoms with E-state index in [1.807, 2.05) is 6.26 Å². The molecule has 0 saturated carbocycles. The fraction of sp³-hybridized carbons (Fsp3) is 1.00. The van der Waals surface area contributed by atoms with Crippen LogP contribution >= 0.6 is 12.0 Å². The molecule has 3 nitrogen and oxygen atoms in total. The third-order valence-electron chi connectivity index (χ3n) is 2.08. The quantitative estimate of drug-likeness (QED) is 0.272. The average molecular weight is 207 g/mol. The van der Waals surface area contributed by atoms with Gasteiger partial charge in [0, 0.05) is 24.8 Å². The molecule has 1 N–H and O–H groups in total. The van der Waals surface area contributed by atoms with Gasteiger partial charge in [0.15, 0.2) is 0 Å². The molecule has 0 fully saturated rings. The van der Waals surface area contributed by atoms with Crippen LogP contribution in [0, 0.1) is 5.92 Å². The highest BCUT2D eigenvalue weighted by molar-refractivity contribution is 7.93. The van der Waals surface area contributed by atoms with Gasteiger partial charge in [0.2, 0.25) is 0 Å². The number of hydrogen-bond acceptors (Lipinski definition) is 4. The first kappa shape index (κ1) is 13.2. The van der Waals surface area contributed by atoms with E-state index < -0.39 is 0 Å². The van der Waals surface area contributed by atoms with Gasteiger partial charge in [-0.1, -0.05) is 33.1 Å². The van der Waals surface area contributed by atoms with Crippen molar-refractivity contribution in [2.75, 3.05) is 12.8 Å². The number of nitrogens with one attached hydrogen (secondary N) is 1. The van der Waals surface area contributed by atoms with Gasteiger partial charge >= 0.3 is 0 Å². The monoisotopic (exact) mass is 207 g/mol. The smallest absolute Gasteiger partial charge is 0.0300 e. The van der Waals surface area contributed by atoms with Crippen molar-refractivity contribution >= 4 is 12.0 Å². The number of hydrogen-bond donors (Lipinski definition) is 1. The second-order valence-corrected chi connectivity index (χ2v) is 3.55. The highest BCUT2D eigenvalue weighted by atomic mass is 32.2. The van der Waals surface area contributed by atoms with Crippen LogP contribution in [0.5, 0.6) is 0 Å². The molecule has 4 heteroatoms. The van der Waals surface area contributed by atoms with Gasteiger partial charge < -0.3 is 0 Å². The average Bonchev–Trinajstić information content (AvgIpc) is 2.17. The Labute approximate surface area is 85.7 Å². The Bertz CT molecular complexity index is 104. The Morgan fingerprint density at radius 1 is 1.38 bits per heavy atom. The first-order valence-corrected chi connectivity index (χ1v) is 6.09. The number of hydroxylamine groups is 1. The maximum absolute atomic E-state index is 4.71. The number of unbranched alkanes of at least 4 members (excludes halogenated alkanes) is 1. The van der Waals surface area contributed by atoms with E-state index in [-0.39, 0.29) is 0 Å².